The molecule has 0 saturated heterocycles. The Morgan fingerprint density at radius 3 is 2.71 bits per heavy atom. The third-order valence-electron chi connectivity index (χ3n) is 5.18. The lowest BCUT2D eigenvalue weighted by molar-refractivity contribution is 0.0954. The van der Waals surface area contributed by atoms with Crippen LogP contribution in [0.2, 0.25) is 0 Å². The van der Waals surface area contributed by atoms with E-state index in [0.717, 1.165) is 12.4 Å². The Kier molecular flexibility index (Phi) is 5.79. The molecule has 0 spiro atoms. The van der Waals surface area contributed by atoms with Crippen LogP contribution >= 0.6 is 0 Å². The molecule has 158 valence electrons. The number of H-pyrrole nitrogens is 1. The van der Waals surface area contributed by atoms with Crippen LogP contribution in [0.4, 0.5) is 0 Å². The summed E-state index contributed by atoms with van der Waals surface area (Å²) in [4.78, 5) is 43.4. The normalized spacial score (nSPS) is 11.0. The summed E-state index contributed by atoms with van der Waals surface area (Å²) in [5.41, 5.74) is 1.35. The number of imidazole rings is 1. The van der Waals surface area contributed by atoms with Crippen molar-refractivity contribution in [2.24, 2.45) is 0 Å². The molecule has 1 amide bonds. The Bertz CT molecular complexity index is 1330. The van der Waals surface area contributed by atoms with E-state index in [9.17, 15) is 14.4 Å². The van der Waals surface area contributed by atoms with Crippen molar-refractivity contribution in [1.29, 1.82) is 0 Å². The number of nitrogens with zero attached hydrogens (tertiary/aromatic N) is 3. The van der Waals surface area contributed by atoms with Gasteiger partial charge >= 0.3 is 11.1 Å². The minimum atomic E-state index is -0.697. The lowest BCUT2D eigenvalue weighted by atomic mass is 10.1. The van der Waals surface area contributed by atoms with Crippen LogP contribution < -0.4 is 16.4 Å². The third-order valence-corrected chi connectivity index (χ3v) is 5.18. The lowest BCUT2D eigenvalue weighted by Crippen LogP contribution is -2.36. The van der Waals surface area contributed by atoms with E-state index in [-0.39, 0.29) is 5.91 Å². The van der Waals surface area contributed by atoms with E-state index >= 15 is 0 Å². The van der Waals surface area contributed by atoms with Crippen molar-refractivity contribution in [3.05, 3.63) is 98.6 Å². The first kappa shape index (κ1) is 20.3. The maximum absolute atomic E-state index is 12.6. The largest absolute Gasteiger partial charge is 0.352 e. The Labute approximate surface area is 178 Å². The van der Waals surface area contributed by atoms with Crippen LogP contribution in [0.1, 0.15) is 28.7 Å². The number of nitrogens with one attached hydrogen (secondary N) is 2. The molecule has 2 heterocycles. The molecule has 0 bridgehead atoms. The second-order valence-electron chi connectivity index (χ2n) is 7.20. The van der Waals surface area contributed by atoms with Gasteiger partial charge in [-0.15, -0.1) is 0 Å². The zero-order valence-corrected chi connectivity index (χ0v) is 17.2. The molecule has 0 aliphatic rings. The number of aryl methyl sites for hydroxylation is 1. The Balaban J connectivity index is 1.44. The molecule has 2 N–H and O–H groups in total. The zero-order chi connectivity index (χ0) is 21.8. The van der Waals surface area contributed by atoms with E-state index in [1.165, 1.54) is 10.1 Å². The SMILES string of the molecule is CCn1c(=O)c(=O)[nH]c2cc(C(=O)NCCc3nccn3Cc3ccccc3)ccc21. The number of aromatic nitrogens is 4. The maximum Gasteiger partial charge on any atom is 0.316 e. The fraction of sp³-hybridized carbons (Fsp3) is 0.217. The van der Waals surface area contributed by atoms with Crippen LogP contribution in [0.15, 0.2) is 70.5 Å². The highest BCUT2D eigenvalue weighted by atomic mass is 16.2. The topological polar surface area (TPSA) is 102 Å². The molecule has 8 nitrogen and oxygen atoms in total. The monoisotopic (exact) mass is 417 g/mol. The summed E-state index contributed by atoms with van der Waals surface area (Å²) in [5, 5.41) is 2.89. The van der Waals surface area contributed by atoms with Crippen molar-refractivity contribution in [3.8, 4) is 0 Å². The average molecular weight is 417 g/mol. The third kappa shape index (κ3) is 4.32. The molecular formula is C23H23N5O3. The second-order valence-corrected chi connectivity index (χ2v) is 7.20. The number of hydrogen-bond donors (Lipinski definition) is 2. The maximum atomic E-state index is 12.6. The van der Waals surface area contributed by atoms with Gasteiger partial charge in [-0.3, -0.25) is 14.4 Å². The Morgan fingerprint density at radius 1 is 1.13 bits per heavy atom. The number of rotatable bonds is 7. The highest BCUT2D eigenvalue weighted by molar-refractivity contribution is 5.97. The number of carbonyl (C=O) groups is 1. The van der Waals surface area contributed by atoms with Crippen molar-refractivity contribution in [2.75, 3.05) is 6.54 Å². The second kappa shape index (κ2) is 8.83. The van der Waals surface area contributed by atoms with Gasteiger partial charge in [0.15, 0.2) is 0 Å². The Hall–Kier alpha value is -3.94. The van der Waals surface area contributed by atoms with Gasteiger partial charge in [-0.1, -0.05) is 30.3 Å². The minimum absolute atomic E-state index is 0.252. The predicted octanol–water partition coefficient (Wildman–Crippen LogP) is 1.93. The highest BCUT2D eigenvalue weighted by Gasteiger charge is 2.11. The van der Waals surface area contributed by atoms with E-state index < -0.39 is 11.1 Å². The molecule has 4 aromatic rings. The molecule has 2 aromatic heterocycles. The summed E-state index contributed by atoms with van der Waals surface area (Å²) >= 11 is 0. The first-order chi connectivity index (χ1) is 15.1. The van der Waals surface area contributed by atoms with Gasteiger partial charge < -0.3 is 19.4 Å². The van der Waals surface area contributed by atoms with Crippen molar-refractivity contribution in [1.82, 2.24) is 24.4 Å². The Morgan fingerprint density at radius 2 is 1.94 bits per heavy atom. The molecule has 0 fully saturated rings. The first-order valence-electron chi connectivity index (χ1n) is 10.2. The molecule has 0 unspecified atom stereocenters. The van der Waals surface area contributed by atoms with Crippen LogP contribution in [-0.2, 0) is 19.5 Å². The van der Waals surface area contributed by atoms with Gasteiger partial charge in [-0.2, -0.15) is 0 Å². The number of hydrogen-bond acceptors (Lipinski definition) is 4. The van der Waals surface area contributed by atoms with Gasteiger partial charge in [0.1, 0.15) is 5.82 Å². The summed E-state index contributed by atoms with van der Waals surface area (Å²) in [6.45, 7) is 3.32. The summed E-state index contributed by atoms with van der Waals surface area (Å²) in [5.74, 6) is 0.636. The number of benzene rings is 2. The molecule has 0 atom stereocenters. The minimum Gasteiger partial charge on any atom is -0.352 e. The fourth-order valence-electron chi connectivity index (χ4n) is 3.62. The molecule has 8 heteroatoms. The quantitative estimate of drug-likeness (QED) is 0.449. The number of carbonyl (C=O) groups excluding carboxylic acids is 1. The van der Waals surface area contributed by atoms with Crippen molar-refractivity contribution < 1.29 is 4.79 Å². The summed E-state index contributed by atoms with van der Waals surface area (Å²) in [6, 6.07) is 15.0. The van der Waals surface area contributed by atoms with Gasteiger partial charge in [-0.25, -0.2) is 4.98 Å². The molecule has 4 rings (SSSR count). The van der Waals surface area contributed by atoms with Crippen molar-refractivity contribution in [2.45, 2.75) is 26.4 Å². The van der Waals surface area contributed by atoms with E-state index in [1.807, 2.05) is 24.4 Å². The molecular weight excluding hydrogens is 394 g/mol. The van der Waals surface area contributed by atoms with Crippen LogP contribution in [0.3, 0.4) is 0 Å². The van der Waals surface area contributed by atoms with Crippen LogP contribution in [0.5, 0.6) is 0 Å². The summed E-state index contributed by atoms with van der Waals surface area (Å²) < 4.78 is 3.45. The van der Waals surface area contributed by atoms with Crippen LogP contribution in [-0.4, -0.2) is 31.6 Å². The summed E-state index contributed by atoms with van der Waals surface area (Å²) in [6.07, 6.45) is 4.27. The predicted molar refractivity (Wildman–Crippen MR) is 118 cm³/mol. The molecule has 0 aliphatic heterocycles. The van der Waals surface area contributed by atoms with Crippen LogP contribution in [0, 0.1) is 0 Å². The standard InChI is InChI=1S/C23H23N5O3/c1-2-28-19-9-8-17(14-18(19)26-22(30)23(28)31)21(29)25-11-10-20-24-12-13-27(20)15-16-6-4-3-5-7-16/h3-9,12-14H,2,10-11,15H2,1H3,(H,25,29)(H,26,30). The van der Waals surface area contributed by atoms with Gasteiger partial charge in [0.25, 0.3) is 5.91 Å². The number of amides is 1. The average Bonchev–Trinajstić information content (AvgIpc) is 3.22. The zero-order valence-electron chi connectivity index (χ0n) is 17.2. The van der Waals surface area contributed by atoms with Gasteiger partial charge in [0.05, 0.1) is 11.0 Å². The molecule has 0 saturated carbocycles. The van der Waals surface area contributed by atoms with Gasteiger partial charge in [-0.05, 0) is 30.7 Å². The number of fused-ring (bicyclic) bond motifs is 1. The van der Waals surface area contributed by atoms with E-state index in [4.69, 9.17) is 0 Å². The van der Waals surface area contributed by atoms with Gasteiger partial charge in [0, 0.05) is 44.0 Å². The lowest BCUT2D eigenvalue weighted by Gasteiger charge is -2.10. The van der Waals surface area contributed by atoms with E-state index in [1.54, 1.807) is 31.3 Å². The summed E-state index contributed by atoms with van der Waals surface area (Å²) in [7, 11) is 0. The van der Waals surface area contributed by atoms with E-state index in [0.29, 0.717) is 36.1 Å². The highest BCUT2D eigenvalue weighted by Crippen LogP contribution is 2.12. The molecule has 0 aliphatic carbocycles. The molecule has 0 radical (unpaired) electrons. The fourth-order valence-corrected chi connectivity index (χ4v) is 3.62. The van der Waals surface area contributed by atoms with Crippen molar-refractivity contribution >= 4 is 16.9 Å². The molecule has 2 aromatic carbocycles. The van der Waals surface area contributed by atoms with Crippen molar-refractivity contribution in [3.63, 3.8) is 0 Å². The number of aromatic amines is 1. The van der Waals surface area contributed by atoms with Crippen LogP contribution in [0.25, 0.3) is 11.0 Å². The molecule has 31 heavy (non-hydrogen) atoms. The smallest absolute Gasteiger partial charge is 0.316 e. The first-order valence-corrected chi connectivity index (χ1v) is 10.2. The van der Waals surface area contributed by atoms with Gasteiger partial charge in [0.2, 0.25) is 0 Å². The van der Waals surface area contributed by atoms with E-state index in [2.05, 4.69) is 32.0 Å².